The minimum atomic E-state index is -0.944. The molecule has 1 aromatic rings. The number of carboxylic acid groups (broad SMARTS) is 1. The number of nitrogens with one attached hydrogen (secondary N) is 1. The zero-order valence-corrected chi connectivity index (χ0v) is 8.32. The second-order valence-electron chi connectivity index (χ2n) is 3.18. The zero-order valence-electron chi connectivity index (χ0n) is 8.32. The van der Waals surface area contributed by atoms with Crippen LogP contribution in [0.4, 0.5) is 4.39 Å². The van der Waals surface area contributed by atoms with Crippen LogP contribution in [0.2, 0.25) is 0 Å². The van der Waals surface area contributed by atoms with Gasteiger partial charge in [0.15, 0.2) is 0 Å². The molecule has 1 aromatic carbocycles. The molecule has 0 aromatic heterocycles. The van der Waals surface area contributed by atoms with E-state index in [1.165, 1.54) is 0 Å². The molecule has 82 valence electrons. The Hall–Kier alpha value is -1.42. The lowest BCUT2D eigenvalue weighted by Gasteiger charge is -2.13. The van der Waals surface area contributed by atoms with Gasteiger partial charge >= 0.3 is 5.97 Å². The average molecular weight is 211 g/mol. The van der Waals surface area contributed by atoms with E-state index < -0.39 is 18.7 Å². The van der Waals surface area contributed by atoms with Crippen molar-refractivity contribution in [2.45, 2.75) is 12.5 Å². The number of halogens is 1. The van der Waals surface area contributed by atoms with Gasteiger partial charge in [-0.2, -0.15) is 0 Å². The lowest BCUT2D eigenvalue weighted by molar-refractivity contribution is -0.139. The predicted octanol–water partition coefficient (Wildman–Crippen LogP) is 1.76. The third-order valence-corrected chi connectivity index (χ3v) is 2.04. The number of benzene rings is 1. The van der Waals surface area contributed by atoms with Crippen molar-refractivity contribution >= 4 is 5.97 Å². The number of carbonyl (C=O) groups is 1. The van der Waals surface area contributed by atoms with Crippen LogP contribution in [-0.4, -0.2) is 24.3 Å². The average Bonchev–Trinajstić information content (AvgIpc) is 2.25. The van der Waals surface area contributed by atoms with E-state index >= 15 is 0 Å². The number of hydrogen-bond acceptors (Lipinski definition) is 2. The van der Waals surface area contributed by atoms with E-state index in [1.807, 2.05) is 6.07 Å². The van der Waals surface area contributed by atoms with E-state index in [-0.39, 0.29) is 0 Å². The van der Waals surface area contributed by atoms with Crippen LogP contribution in [0.1, 0.15) is 18.0 Å². The SMILES string of the molecule is O=C(O)C(NCCCF)c1ccccc1. The molecule has 0 aliphatic rings. The number of hydrogen-bond donors (Lipinski definition) is 2. The molecule has 0 saturated heterocycles. The summed E-state index contributed by atoms with van der Waals surface area (Å²) in [4.78, 5) is 10.9. The first-order chi connectivity index (χ1) is 7.25. The van der Waals surface area contributed by atoms with E-state index in [0.717, 1.165) is 0 Å². The van der Waals surface area contributed by atoms with Gasteiger partial charge in [-0.25, -0.2) is 0 Å². The fourth-order valence-electron chi connectivity index (χ4n) is 1.31. The highest BCUT2D eigenvalue weighted by molar-refractivity contribution is 5.75. The van der Waals surface area contributed by atoms with Crippen molar-refractivity contribution in [1.29, 1.82) is 0 Å². The van der Waals surface area contributed by atoms with Crippen molar-refractivity contribution in [3.05, 3.63) is 35.9 Å². The summed E-state index contributed by atoms with van der Waals surface area (Å²) in [5, 5.41) is 11.8. The Labute approximate surface area is 87.9 Å². The lowest BCUT2D eigenvalue weighted by Crippen LogP contribution is -2.29. The summed E-state index contributed by atoms with van der Waals surface area (Å²) in [7, 11) is 0. The molecular formula is C11H14FNO2. The molecule has 15 heavy (non-hydrogen) atoms. The Kier molecular flexibility index (Phi) is 4.77. The molecule has 1 atom stereocenters. The van der Waals surface area contributed by atoms with Gasteiger partial charge in [0.1, 0.15) is 6.04 Å². The number of rotatable bonds is 6. The van der Waals surface area contributed by atoms with Crippen LogP contribution in [0.3, 0.4) is 0 Å². The van der Waals surface area contributed by atoms with Crippen molar-refractivity contribution in [2.75, 3.05) is 13.2 Å². The zero-order chi connectivity index (χ0) is 11.1. The first-order valence-electron chi connectivity index (χ1n) is 4.83. The van der Waals surface area contributed by atoms with E-state index in [1.54, 1.807) is 24.3 Å². The molecule has 0 bridgehead atoms. The molecule has 4 heteroatoms. The Morgan fingerprint density at radius 1 is 1.40 bits per heavy atom. The maximum atomic E-state index is 11.9. The van der Waals surface area contributed by atoms with Crippen LogP contribution in [-0.2, 0) is 4.79 Å². The second-order valence-corrected chi connectivity index (χ2v) is 3.18. The topological polar surface area (TPSA) is 49.3 Å². The van der Waals surface area contributed by atoms with Gasteiger partial charge < -0.3 is 10.4 Å². The van der Waals surface area contributed by atoms with Gasteiger partial charge in [-0.05, 0) is 18.5 Å². The molecule has 0 saturated carbocycles. The Bertz CT molecular complexity index is 303. The number of aliphatic carboxylic acids is 1. The van der Waals surface area contributed by atoms with Crippen molar-refractivity contribution in [2.24, 2.45) is 0 Å². The molecule has 0 fully saturated rings. The first-order valence-corrected chi connectivity index (χ1v) is 4.83. The summed E-state index contributed by atoms with van der Waals surface area (Å²) in [5.74, 6) is -0.944. The highest BCUT2D eigenvalue weighted by Crippen LogP contribution is 2.12. The first kappa shape index (κ1) is 11.7. The Morgan fingerprint density at radius 2 is 2.07 bits per heavy atom. The van der Waals surface area contributed by atoms with Crippen LogP contribution >= 0.6 is 0 Å². The molecule has 2 N–H and O–H groups in total. The molecule has 3 nitrogen and oxygen atoms in total. The van der Waals surface area contributed by atoms with E-state index in [0.29, 0.717) is 18.5 Å². The van der Waals surface area contributed by atoms with Gasteiger partial charge in [-0.15, -0.1) is 0 Å². The van der Waals surface area contributed by atoms with Crippen molar-refractivity contribution in [1.82, 2.24) is 5.32 Å². The largest absolute Gasteiger partial charge is 0.480 e. The molecule has 0 aliphatic heterocycles. The summed E-state index contributed by atoms with van der Waals surface area (Å²) in [6, 6.07) is 8.11. The normalized spacial score (nSPS) is 12.3. The number of carboxylic acids is 1. The maximum absolute atomic E-state index is 11.9. The predicted molar refractivity (Wildman–Crippen MR) is 55.4 cm³/mol. The molecule has 1 rings (SSSR count). The monoisotopic (exact) mass is 211 g/mol. The van der Waals surface area contributed by atoms with E-state index in [4.69, 9.17) is 5.11 Å². The van der Waals surface area contributed by atoms with Crippen LogP contribution in [0.15, 0.2) is 30.3 Å². The molecule has 0 amide bonds. The second kappa shape index (κ2) is 6.14. The van der Waals surface area contributed by atoms with Crippen molar-refractivity contribution in [3.8, 4) is 0 Å². The summed E-state index contributed by atoms with van der Waals surface area (Å²) < 4.78 is 11.9. The van der Waals surface area contributed by atoms with E-state index in [9.17, 15) is 9.18 Å². The summed E-state index contributed by atoms with van der Waals surface area (Å²) in [5.41, 5.74) is 0.684. The van der Waals surface area contributed by atoms with Gasteiger partial charge in [-0.3, -0.25) is 9.18 Å². The maximum Gasteiger partial charge on any atom is 0.325 e. The van der Waals surface area contributed by atoms with Gasteiger partial charge in [0, 0.05) is 0 Å². The highest BCUT2D eigenvalue weighted by Gasteiger charge is 2.17. The summed E-state index contributed by atoms with van der Waals surface area (Å²) in [6.45, 7) is -0.0729. The standard InChI is InChI=1S/C11H14FNO2/c12-7-4-8-13-10(11(14)15)9-5-2-1-3-6-9/h1-3,5-6,10,13H,4,7-8H2,(H,14,15). The summed E-state index contributed by atoms with van der Waals surface area (Å²) >= 11 is 0. The lowest BCUT2D eigenvalue weighted by atomic mass is 10.1. The quantitative estimate of drug-likeness (QED) is 0.705. The summed E-state index contributed by atoms with van der Waals surface area (Å²) in [6.07, 6.45) is 0.330. The highest BCUT2D eigenvalue weighted by atomic mass is 19.1. The van der Waals surface area contributed by atoms with Crippen molar-refractivity contribution < 1.29 is 14.3 Å². The third-order valence-electron chi connectivity index (χ3n) is 2.04. The minimum absolute atomic E-state index is 0.330. The Morgan fingerprint density at radius 3 is 2.60 bits per heavy atom. The molecular weight excluding hydrogens is 197 g/mol. The van der Waals surface area contributed by atoms with Crippen LogP contribution < -0.4 is 5.32 Å². The fourth-order valence-corrected chi connectivity index (χ4v) is 1.31. The van der Waals surface area contributed by atoms with Crippen molar-refractivity contribution in [3.63, 3.8) is 0 Å². The number of alkyl halides is 1. The Balaban J connectivity index is 2.62. The van der Waals surface area contributed by atoms with Gasteiger partial charge in [0.2, 0.25) is 0 Å². The molecule has 0 aliphatic carbocycles. The smallest absolute Gasteiger partial charge is 0.325 e. The third kappa shape index (κ3) is 3.67. The molecule has 0 spiro atoms. The van der Waals surface area contributed by atoms with E-state index in [2.05, 4.69) is 5.32 Å². The molecule has 1 unspecified atom stereocenters. The van der Waals surface area contributed by atoms with Crippen LogP contribution in [0.25, 0.3) is 0 Å². The van der Waals surface area contributed by atoms with Gasteiger partial charge in [0.05, 0.1) is 6.67 Å². The molecule has 0 heterocycles. The van der Waals surface area contributed by atoms with Gasteiger partial charge in [-0.1, -0.05) is 30.3 Å². The molecule has 0 radical (unpaired) electrons. The van der Waals surface area contributed by atoms with Crippen LogP contribution in [0, 0.1) is 0 Å². The fraction of sp³-hybridized carbons (Fsp3) is 0.364. The van der Waals surface area contributed by atoms with Gasteiger partial charge in [0.25, 0.3) is 0 Å². The minimum Gasteiger partial charge on any atom is -0.480 e. The van der Waals surface area contributed by atoms with Crippen LogP contribution in [0.5, 0.6) is 0 Å².